The Morgan fingerprint density at radius 1 is 1.00 bits per heavy atom. The average Bonchev–Trinajstić information content (AvgIpc) is 2.80. The van der Waals surface area contributed by atoms with Crippen molar-refractivity contribution in [1.29, 1.82) is 0 Å². The van der Waals surface area contributed by atoms with Gasteiger partial charge in [0.15, 0.2) is 0 Å². The van der Waals surface area contributed by atoms with Gasteiger partial charge in [0, 0.05) is 24.2 Å². The maximum atomic E-state index is 14.7. The van der Waals surface area contributed by atoms with E-state index in [4.69, 9.17) is 4.74 Å². The van der Waals surface area contributed by atoms with Crippen LogP contribution in [0.2, 0.25) is 0 Å². The number of hydrogen-bond donors (Lipinski definition) is 3. The number of benzene rings is 2. The number of anilines is 1. The van der Waals surface area contributed by atoms with Crippen molar-refractivity contribution < 1.29 is 13.9 Å². The first-order valence-corrected chi connectivity index (χ1v) is 10.2. The zero-order chi connectivity index (χ0) is 20.9. The van der Waals surface area contributed by atoms with Gasteiger partial charge in [-0.05, 0) is 66.9 Å². The van der Waals surface area contributed by atoms with E-state index in [0.29, 0.717) is 17.0 Å². The van der Waals surface area contributed by atoms with Gasteiger partial charge in [0.1, 0.15) is 11.6 Å². The van der Waals surface area contributed by atoms with Gasteiger partial charge in [-0.1, -0.05) is 24.3 Å². The van der Waals surface area contributed by atoms with Crippen LogP contribution in [-0.4, -0.2) is 39.2 Å². The highest BCUT2D eigenvalue weighted by Gasteiger charge is 2.16. The quantitative estimate of drug-likeness (QED) is 0.705. The minimum Gasteiger partial charge on any atom is -0.495 e. The average molecular weight is 407 g/mol. The molecule has 3 N–H and O–H groups in total. The molecular weight excluding hydrogens is 381 g/mol. The molecule has 2 heterocycles. The number of rotatable bonds is 5. The minimum absolute atomic E-state index is 0.276. The van der Waals surface area contributed by atoms with Crippen molar-refractivity contribution in [3.05, 3.63) is 71.1 Å². The molecule has 0 spiro atoms. The Labute approximate surface area is 176 Å². The lowest BCUT2D eigenvalue weighted by Gasteiger charge is -2.17. The second-order valence-corrected chi connectivity index (χ2v) is 7.43. The molecule has 2 aliphatic heterocycles. The molecule has 0 radical (unpaired) electrons. The van der Waals surface area contributed by atoms with Gasteiger partial charge in [-0.2, -0.15) is 0 Å². The molecule has 30 heavy (non-hydrogen) atoms. The Hall–Kier alpha value is -2.96. The van der Waals surface area contributed by atoms with Crippen molar-refractivity contribution >= 4 is 22.7 Å². The predicted molar refractivity (Wildman–Crippen MR) is 118 cm³/mol. The SMILES string of the molecule is COc1cc(C2=CCNCC2)ccc1NC(=O)c1ccc(C2=CCNCC2)c(F)c1. The van der Waals surface area contributed by atoms with E-state index < -0.39 is 0 Å². The van der Waals surface area contributed by atoms with Gasteiger partial charge in [-0.15, -0.1) is 0 Å². The number of carbonyl (C=O) groups is 1. The fraction of sp³-hybridized carbons (Fsp3) is 0.292. The first-order chi connectivity index (χ1) is 14.7. The number of halogens is 1. The van der Waals surface area contributed by atoms with Crippen LogP contribution in [0.25, 0.3) is 11.1 Å². The summed E-state index contributed by atoms with van der Waals surface area (Å²) >= 11 is 0. The van der Waals surface area contributed by atoms with E-state index >= 15 is 0 Å². The van der Waals surface area contributed by atoms with Gasteiger partial charge in [0.05, 0.1) is 12.8 Å². The molecule has 0 saturated heterocycles. The van der Waals surface area contributed by atoms with E-state index in [1.54, 1.807) is 19.2 Å². The maximum Gasteiger partial charge on any atom is 0.255 e. The molecule has 6 heteroatoms. The molecule has 2 aromatic rings. The monoisotopic (exact) mass is 407 g/mol. The van der Waals surface area contributed by atoms with Crippen molar-refractivity contribution in [2.24, 2.45) is 0 Å². The fourth-order valence-corrected chi connectivity index (χ4v) is 3.86. The van der Waals surface area contributed by atoms with Crippen molar-refractivity contribution in [2.45, 2.75) is 12.8 Å². The summed E-state index contributed by atoms with van der Waals surface area (Å²) in [5.74, 6) is -0.167. The molecule has 5 nitrogen and oxygen atoms in total. The molecule has 0 saturated carbocycles. The molecule has 0 bridgehead atoms. The summed E-state index contributed by atoms with van der Waals surface area (Å²) in [4.78, 5) is 12.7. The predicted octanol–water partition coefficient (Wildman–Crippen LogP) is 3.84. The van der Waals surface area contributed by atoms with Crippen molar-refractivity contribution in [3.8, 4) is 5.75 Å². The van der Waals surface area contributed by atoms with Crippen LogP contribution in [0.3, 0.4) is 0 Å². The minimum atomic E-state index is -0.379. The van der Waals surface area contributed by atoms with E-state index in [0.717, 1.165) is 50.2 Å². The number of hydrogen-bond acceptors (Lipinski definition) is 4. The van der Waals surface area contributed by atoms with Crippen LogP contribution >= 0.6 is 0 Å². The second kappa shape index (κ2) is 9.24. The second-order valence-electron chi connectivity index (χ2n) is 7.43. The topological polar surface area (TPSA) is 62.4 Å². The van der Waals surface area contributed by atoms with Crippen molar-refractivity contribution in [1.82, 2.24) is 10.6 Å². The molecule has 2 aliphatic rings. The zero-order valence-corrected chi connectivity index (χ0v) is 17.1. The number of nitrogens with one attached hydrogen (secondary N) is 3. The Morgan fingerprint density at radius 2 is 1.73 bits per heavy atom. The number of carbonyl (C=O) groups excluding carboxylic acids is 1. The molecule has 1 amide bonds. The van der Waals surface area contributed by atoms with Crippen molar-refractivity contribution in [3.63, 3.8) is 0 Å². The zero-order valence-electron chi connectivity index (χ0n) is 17.1. The maximum absolute atomic E-state index is 14.7. The standard InChI is InChI=1S/C24H26FN3O2/c1-30-23-15-18(16-6-10-26-11-7-16)3-5-22(23)28-24(29)19-2-4-20(21(25)14-19)17-8-12-27-13-9-17/h2-6,8,14-15,26-27H,7,9-13H2,1H3,(H,28,29). The Balaban J connectivity index is 1.52. The summed E-state index contributed by atoms with van der Waals surface area (Å²) in [5.41, 5.74) is 4.71. The highest BCUT2D eigenvalue weighted by molar-refractivity contribution is 6.05. The molecule has 4 rings (SSSR count). The van der Waals surface area contributed by atoms with Gasteiger partial charge < -0.3 is 20.7 Å². The summed E-state index contributed by atoms with van der Waals surface area (Å²) in [6, 6.07) is 10.4. The number of amides is 1. The van der Waals surface area contributed by atoms with Gasteiger partial charge in [-0.3, -0.25) is 4.79 Å². The first kappa shape index (κ1) is 20.3. The van der Waals surface area contributed by atoms with Crippen LogP contribution in [0.1, 0.15) is 34.3 Å². The highest BCUT2D eigenvalue weighted by atomic mass is 19.1. The Bertz CT molecular complexity index is 1010. The molecule has 0 aromatic heterocycles. The molecule has 0 atom stereocenters. The van der Waals surface area contributed by atoms with Gasteiger partial charge in [0.25, 0.3) is 5.91 Å². The molecule has 0 aliphatic carbocycles. The summed E-state index contributed by atoms with van der Waals surface area (Å²) in [7, 11) is 1.58. The molecule has 0 fully saturated rings. The third kappa shape index (κ3) is 4.45. The van der Waals surface area contributed by atoms with Gasteiger partial charge >= 0.3 is 0 Å². The Kier molecular flexibility index (Phi) is 6.26. The van der Waals surface area contributed by atoms with Crippen LogP contribution in [-0.2, 0) is 0 Å². The molecule has 156 valence electrons. The van der Waals surface area contributed by atoms with Gasteiger partial charge in [0.2, 0.25) is 0 Å². The third-order valence-electron chi connectivity index (χ3n) is 5.53. The fourth-order valence-electron chi connectivity index (χ4n) is 3.86. The van der Waals surface area contributed by atoms with Crippen LogP contribution < -0.4 is 20.7 Å². The lowest BCUT2D eigenvalue weighted by molar-refractivity contribution is 0.102. The summed E-state index contributed by atoms with van der Waals surface area (Å²) in [5, 5.41) is 9.36. The van der Waals surface area contributed by atoms with Crippen LogP contribution in [0.15, 0.2) is 48.6 Å². The Morgan fingerprint density at radius 3 is 2.37 bits per heavy atom. The lowest BCUT2D eigenvalue weighted by atomic mass is 9.98. The normalized spacial score (nSPS) is 16.5. The van der Waals surface area contributed by atoms with E-state index in [1.165, 1.54) is 11.6 Å². The summed E-state index contributed by atoms with van der Waals surface area (Å²) in [6.45, 7) is 3.36. The van der Waals surface area contributed by atoms with E-state index in [2.05, 4.69) is 22.0 Å². The third-order valence-corrected chi connectivity index (χ3v) is 5.53. The largest absolute Gasteiger partial charge is 0.495 e. The van der Waals surface area contributed by atoms with Crippen LogP contribution in [0, 0.1) is 5.82 Å². The molecule has 2 aromatic carbocycles. The first-order valence-electron chi connectivity index (χ1n) is 10.2. The summed E-state index contributed by atoms with van der Waals surface area (Å²) in [6.07, 6.45) is 5.88. The van der Waals surface area contributed by atoms with E-state index in [1.807, 2.05) is 24.3 Å². The van der Waals surface area contributed by atoms with Gasteiger partial charge in [-0.25, -0.2) is 4.39 Å². The van der Waals surface area contributed by atoms with Crippen molar-refractivity contribution in [2.75, 3.05) is 38.6 Å². The summed E-state index contributed by atoms with van der Waals surface area (Å²) < 4.78 is 20.2. The van der Waals surface area contributed by atoms with E-state index in [-0.39, 0.29) is 17.3 Å². The van der Waals surface area contributed by atoms with Crippen LogP contribution in [0.4, 0.5) is 10.1 Å². The number of ether oxygens (including phenoxy) is 1. The lowest BCUT2D eigenvalue weighted by Crippen LogP contribution is -2.20. The van der Waals surface area contributed by atoms with E-state index in [9.17, 15) is 9.18 Å². The smallest absolute Gasteiger partial charge is 0.255 e. The van der Waals surface area contributed by atoms with Crippen LogP contribution in [0.5, 0.6) is 5.75 Å². The molecule has 0 unspecified atom stereocenters. The number of methoxy groups -OCH3 is 1. The highest BCUT2D eigenvalue weighted by Crippen LogP contribution is 2.31. The molecular formula is C24H26FN3O2.